The van der Waals surface area contributed by atoms with Crippen LogP contribution in [0.2, 0.25) is 0 Å². The molecule has 3 rings (SSSR count). The molecule has 0 unspecified atom stereocenters. The molecule has 0 radical (unpaired) electrons. The molecule has 1 aliphatic heterocycles. The molecule has 2 amide bonds. The Hall–Kier alpha value is -1.60. The molecule has 7 heteroatoms. The van der Waals surface area contributed by atoms with Crippen LogP contribution in [0.25, 0.3) is 0 Å². The molecule has 2 fully saturated rings. The average molecular weight is 349 g/mol. The number of carbonyl (C=O) groups excluding carboxylic acids is 1. The fourth-order valence-corrected chi connectivity index (χ4v) is 3.90. The van der Waals surface area contributed by atoms with Crippen LogP contribution in [0.1, 0.15) is 44.9 Å². The van der Waals surface area contributed by atoms with Gasteiger partial charge in [0.05, 0.1) is 12.6 Å². The van der Waals surface area contributed by atoms with Gasteiger partial charge in [-0.25, -0.2) is 4.79 Å². The molecule has 2 heterocycles. The predicted octanol–water partition coefficient (Wildman–Crippen LogP) is 1.34. The Morgan fingerprint density at radius 1 is 1.08 bits per heavy atom. The van der Waals surface area contributed by atoms with Gasteiger partial charge < -0.3 is 20.6 Å². The highest BCUT2D eigenvalue weighted by atomic mass is 16.3. The second kappa shape index (κ2) is 9.20. The van der Waals surface area contributed by atoms with Gasteiger partial charge in [-0.05, 0) is 31.7 Å². The maximum absolute atomic E-state index is 12.1. The maximum Gasteiger partial charge on any atom is 0.315 e. The van der Waals surface area contributed by atoms with E-state index < -0.39 is 6.10 Å². The smallest absolute Gasteiger partial charge is 0.315 e. The van der Waals surface area contributed by atoms with E-state index in [1.54, 1.807) is 10.9 Å². The third-order valence-corrected chi connectivity index (χ3v) is 5.29. The van der Waals surface area contributed by atoms with Crippen molar-refractivity contribution in [2.75, 3.05) is 19.6 Å². The second-order valence-corrected chi connectivity index (χ2v) is 7.41. The van der Waals surface area contributed by atoms with Gasteiger partial charge in [0.1, 0.15) is 0 Å². The summed E-state index contributed by atoms with van der Waals surface area (Å²) in [6.07, 6.45) is 11.0. The molecule has 0 spiro atoms. The van der Waals surface area contributed by atoms with Crippen LogP contribution < -0.4 is 10.6 Å². The minimum atomic E-state index is -0.418. The topological polar surface area (TPSA) is 82.4 Å². The van der Waals surface area contributed by atoms with Gasteiger partial charge in [-0.1, -0.05) is 19.3 Å². The van der Waals surface area contributed by atoms with Crippen LogP contribution in [0.3, 0.4) is 0 Å². The van der Waals surface area contributed by atoms with Crippen molar-refractivity contribution in [2.45, 2.75) is 69.7 Å². The number of nitrogens with zero attached hydrogens (tertiary/aromatic N) is 3. The molecule has 1 aliphatic carbocycles. The third-order valence-electron chi connectivity index (χ3n) is 5.29. The maximum atomic E-state index is 12.1. The summed E-state index contributed by atoms with van der Waals surface area (Å²) in [5, 5.41) is 20.6. The van der Waals surface area contributed by atoms with E-state index in [2.05, 4.69) is 20.6 Å². The molecular formula is C18H31N5O2. The number of rotatable bonds is 6. The first kappa shape index (κ1) is 18.2. The summed E-state index contributed by atoms with van der Waals surface area (Å²) in [5.41, 5.74) is 0. The standard InChI is InChI=1S/C18H31N5O2/c24-17(14-23-10-4-9-19-23)13-22-11-7-16(8-12-22)21-18(25)20-15-5-2-1-3-6-15/h4,9-10,15-17,24H,1-3,5-8,11-14H2,(H2,20,21,25)/t17-/m0/s1. The molecule has 1 atom stereocenters. The number of hydrogen-bond acceptors (Lipinski definition) is 4. The average Bonchev–Trinajstić information content (AvgIpc) is 3.10. The number of urea groups is 1. The van der Waals surface area contributed by atoms with Crippen molar-refractivity contribution in [2.24, 2.45) is 0 Å². The van der Waals surface area contributed by atoms with Crippen LogP contribution in [0.4, 0.5) is 4.79 Å². The number of carbonyl (C=O) groups is 1. The van der Waals surface area contributed by atoms with Gasteiger partial charge in [0, 0.05) is 44.1 Å². The quantitative estimate of drug-likeness (QED) is 0.724. The van der Waals surface area contributed by atoms with Gasteiger partial charge in [0.15, 0.2) is 0 Å². The molecule has 1 aromatic rings. The number of piperidine rings is 1. The Morgan fingerprint density at radius 3 is 2.40 bits per heavy atom. The van der Waals surface area contributed by atoms with E-state index in [9.17, 15) is 9.90 Å². The largest absolute Gasteiger partial charge is 0.390 e. The van der Waals surface area contributed by atoms with E-state index in [0.29, 0.717) is 19.1 Å². The summed E-state index contributed by atoms with van der Waals surface area (Å²) in [6.45, 7) is 2.99. The Balaban J connectivity index is 1.32. The zero-order valence-electron chi connectivity index (χ0n) is 14.9. The molecule has 0 bridgehead atoms. The molecule has 140 valence electrons. The monoisotopic (exact) mass is 349 g/mol. The molecule has 0 aromatic carbocycles. The summed E-state index contributed by atoms with van der Waals surface area (Å²) in [5.74, 6) is 0. The summed E-state index contributed by atoms with van der Waals surface area (Å²) < 4.78 is 1.76. The Labute approximate surface area is 149 Å². The molecule has 1 aromatic heterocycles. The van der Waals surface area contributed by atoms with Crippen molar-refractivity contribution >= 4 is 6.03 Å². The number of nitrogens with one attached hydrogen (secondary N) is 2. The third kappa shape index (κ3) is 6.01. The Kier molecular flexibility index (Phi) is 6.69. The van der Waals surface area contributed by atoms with Crippen molar-refractivity contribution in [3.05, 3.63) is 18.5 Å². The highest BCUT2D eigenvalue weighted by Crippen LogP contribution is 2.17. The lowest BCUT2D eigenvalue weighted by Gasteiger charge is -2.34. The predicted molar refractivity (Wildman–Crippen MR) is 96.2 cm³/mol. The highest BCUT2D eigenvalue weighted by Gasteiger charge is 2.23. The van der Waals surface area contributed by atoms with Crippen LogP contribution in [0.5, 0.6) is 0 Å². The summed E-state index contributed by atoms with van der Waals surface area (Å²) in [7, 11) is 0. The van der Waals surface area contributed by atoms with Crippen molar-refractivity contribution in [3.63, 3.8) is 0 Å². The van der Waals surface area contributed by atoms with E-state index in [-0.39, 0.29) is 12.1 Å². The normalized spacial score (nSPS) is 21.8. The molecule has 2 aliphatic rings. The van der Waals surface area contributed by atoms with Crippen LogP contribution in [0, 0.1) is 0 Å². The van der Waals surface area contributed by atoms with Gasteiger partial charge in [0.25, 0.3) is 0 Å². The van der Waals surface area contributed by atoms with E-state index in [4.69, 9.17) is 0 Å². The lowest BCUT2D eigenvalue weighted by molar-refractivity contribution is 0.0804. The number of amides is 2. The first-order chi connectivity index (χ1) is 12.2. The van der Waals surface area contributed by atoms with Gasteiger partial charge in [-0.15, -0.1) is 0 Å². The number of hydrogen-bond donors (Lipinski definition) is 3. The van der Waals surface area contributed by atoms with Crippen molar-refractivity contribution in [1.29, 1.82) is 0 Å². The zero-order chi connectivity index (χ0) is 17.5. The number of likely N-dealkylation sites (tertiary alicyclic amines) is 1. The van der Waals surface area contributed by atoms with Gasteiger partial charge in [-0.3, -0.25) is 4.68 Å². The van der Waals surface area contributed by atoms with Crippen LogP contribution >= 0.6 is 0 Å². The molecule has 1 saturated heterocycles. The second-order valence-electron chi connectivity index (χ2n) is 7.41. The van der Waals surface area contributed by atoms with Crippen molar-refractivity contribution in [3.8, 4) is 0 Å². The first-order valence-corrected chi connectivity index (χ1v) is 9.64. The summed E-state index contributed by atoms with van der Waals surface area (Å²) in [6, 6.07) is 2.45. The van der Waals surface area contributed by atoms with Crippen LogP contribution in [-0.2, 0) is 6.54 Å². The highest BCUT2D eigenvalue weighted by molar-refractivity contribution is 5.74. The van der Waals surface area contributed by atoms with E-state index in [1.807, 2.05) is 12.3 Å². The van der Waals surface area contributed by atoms with E-state index >= 15 is 0 Å². The first-order valence-electron chi connectivity index (χ1n) is 9.64. The van der Waals surface area contributed by atoms with E-state index in [0.717, 1.165) is 38.8 Å². The lowest BCUT2D eigenvalue weighted by atomic mass is 9.96. The van der Waals surface area contributed by atoms with Crippen LogP contribution in [0.15, 0.2) is 18.5 Å². The minimum absolute atomic E-state index is 0.0101. The number of aliphatic hydroxyl groups excluding tert-OH is 1. The molecule has 1 saturated carbocycles. The van der Waals surface area contributed by atoms with Gasteiger partial charge >= 0.3 is 6.03 Å². The zero-order valence-corrected chi connectivity index (χ0v) is 14.9. The van der Waals surface area contributed by atoms with E-state index in [1.165, 1.54) is 19.3 Å². The molecule has 7 nitrogen and oxygen atoms in total. The summed E-state index contributed by atoms with van der Waals surface area (Å²) in [4.78, 5) is 14.4. The minimum Gasteiger partial charge on any atom is -0.390 e. The fourth-order valence-electron chi connectivity index (χ4n) is 3.90. The SMILES string of the molecule is O=C(NC1CCCCC1)NC1CCN(C[C@H](O)Cn2cccn2)CC1. The van der Waals surface area contributed by atoms with Gasteiger partial charge in [0.2, 0.25) is 0 Å². The molecule has 3 N–H and O–H groups in total. The lowest BCUT2D eigenvalue weighted by Crippen LogP contribution is -2.51. The molecule has 25 heavy (non-hydrogen) atoms. The van der Waals surface area contributed by atoms with Crippen LogP contribution in [-0.4, -0.2) is 63.6 Å². The Bertz CT molecular complexity index is 508. The van der Waals surface area contributed by atoms with Crippen molar-refractivity contribution in [1.82, 2.24) is 25.3 Å². The molecular weight excluding hydrogens is 318 g/mol. The number of aliphatic hydroxyl groups is 1. The Morgan fingerprint density at radius 2 is 1.76 bits per heavy atom. The number of β-amino-alcohol motifs (C(OH)–C–C–N with tert-alkyl or cyclic N) is 1. The van der Waals surface area contributed by atoms with Crippen molar-refractivity contribution < 1.29 is 9.90 Å². The summed E-state index contributed by atoms with van der Waals surface area (Å²) >= 11 is 0. The fraction of sp³-hybridized carbons (Fsp3) is 0.778. The van der Waals surface area contributed by atoms with Gasteiger partial charge in [-0.2, -0.15) is 5.10 Å². The number of aromatic nitrogens is 2.